The molecule has 0 spiro atoms. The zero-order valence-corrected chi connectivity index (χ0v) is 19.6. The third kappa shape index (κ3) is 4.93. The summed E-state index contributed by atoms with van der Waals surface area (Å²) in [7, 11) is 0. The predicted molar refractivity (Wildman–Crippen MR) is 130 cm³/mol. The fourth-order valence-corrected chi connectivity index (χ4v) is 4.82. The number of allylic oxidation sites excluding steroid dienone is 1. The van der Waals surface area contributed by atoms with E-state index in [0.717, 1.165) is 18.8 Å². The number of thioether (sulfide) groups is 1. The lowest BCUT2D eigenvalue weighted by Gasteiger charge is -2.37. The fourth-order valence-electron chi connectivity index (χ4n) is 4.01. The van der Waals surface area contributed by atoms with E-state index in [1.165, 1.54) is 28.6 Å². The number of rotatable bonds is 4. The lowest BCUT2D eigenvalue weighted by molar-refractivity contribution is -0.112. The van der Waals surface area contributed by atoms with E-state index in [1.54, 1.807) is 24.3 Å². The van der Waals surface area contributed by atoms with E-state index >= 15 is 0 Å². The molecule has 1 N–H and O–H groups in total. The molecule has 0 saturated carbocycles. The fraction of sp³-hybridized carbons (Fsp3) is 0.360. The van der Waals surface area contributed by atoms with Crippen molar-refractivity contribution in [2.24, 2.45) is 0 Å². The molecule has 2 aliphatic rings. The van der Waals surface area contributed by atoms with Gasteiger partial charge in [-0.2, -0.15) is 0 Å². The molecule has 168 valence electrons. The third-order valence-electron chi connectivity index (χ3n) is 5.84. The van der Waals surface area contributed by atoms with Crippen LogP contribution in [0.15, 0.2) is 53.1 Å². The van der Waals surface area contributed by atoms with Crippen molar-refractivity contribution < 1.29 is 14.3 Å². The van der Waals surface area contributed by atoms with Crippen LogP contribution in [0.4, 0.5) is 11.4 Å². The number of ether oxygens (including phenoxy) is 1. The van der Waals surface area contributed by atoms with Crippen LogP contribution in [0.25, 0.3) is 0 Å². The SMILES string of the molecule is CC1=C(C(=O)Nc2ccc(C(=O)N3CCN(c4cc(C)ccc4C)CC3)cc2)SCCO1. The van der Waals surface area contributed by atoms with Crippen molar-refractivity contribution in [2.75, 3.05) is 48.8 Å². The van der Waals surface area contributed by atoms with E-state index in [2.05, 4.69) is 42.3 Å². The maximum Gasteiger partial charge on any atom is 0.265 e. The summed E-state index contributed by atoms with van der Waals surface area (Å²) in [5, 5.41) is 2.89. The lowest BCUT2D eigenvalue weighted by atomic mass is 10.1. The summed E-state index contributed by atoms with van der Waals surface area (Å²) < 4.78 is 5.46. The van der Waals surface area contributed by atoms with Gasteiger partial charge in [-0.05, 0) is 62.2 Å². The summed E-state index contributed by atoms with van der Waals surface area (Å²) in [4.78, 5) is 30.3. The van der Waals surface area contributed by atoms with Crippen molar-refractivity contribution in [2.45, 2.75) is 20.8 Å². The van der Waals surface area contributed by atoms with Crippen LogP contribution in [0.2, 0.25) is 0 Å². The standard InChI is InChI=1S/C25H29N3O3S/c1-17-4-5-18(2)22(16-17)27-10-12-28(13-11-27)25(30)20-6-8-21(9-7-20)26-24(29)23-19(3)31-14-15-32-23/h4-9,16H,10-15H2,1-3H3,(H,26,29). The highest BCUT2D eigenvalue weighted by atomic mass is 32.2. The molecule has 0 atom stereocenters. The minimum atomic E-state index is -0.172. The monoisotopic (exact) mass is 451 g/mol. The molecule has 0 unspecified atom stereocenters. The van der Waals surface area contributed by atoms with Gasteiger partial charge in [-0.1, -0.05) is 12.1 Å². The number of nitrogens with one attached hydrogen (secondary N) is 1. The summed E-state index contributed by atoms with van der Waals surface area (Å²) in [5.74, 6) is 1.28. The average molecular weight is 452 g/mol. The van der Waals surface area contributed by atoms with Crippen molar-refractivity contribution in [3.63, 3.8) is 0 Å². The summed E-state index contributed by atoms with van der Waals surface area (Å²) in [5.41, 5.74) is 5.06. The van der Waals surface area contributed by atoms with Gasteiger partial charge in [-0.15, -0.1) is 11.8 Å². The Morgan fingerprint density at radius 3 is 2.38 bits per heavy atom. The van der Waals surface area contributed by atoms with Gasteiger partial charge in [0.15, 0.2) is 0 Å². The number of aryl methyl sites for hydroxylation is 2. The Labute approximate surface area is 193 Å². The van der Waals surface area contributed by atoms with E-state index in [-0.39, 0.29) is 11.8 Å². The van der Waals surface area contributed by atoms with Gasteiger partial charge in [0.2, 0.25) is 0 Å². The number of hydrogen-bond donors (Lipinski definition) is 1. The molecule has 0 bridgehead atoms. The normalized spacial score (nSPS) is 16.6. The van der Waals surface area contributed by atoms with E-state index in [0.29, 0.717) is 41.6 Å². The molecule has 0 radical (unpaired) electrons. The molecule has 0 aliphatic carbocycles. The molecule has 1 saturated heterocycles. The van der Waals surface area contributed by atoms with Crippen molar-refractivity contribution in [1.29, 1.82) is 0 Å². The lowest BCUT2D eigenvalue weighted by Crippen LogP contribution is -2.49. The Balaban J connectivity index is 1.35. The van der Waals surface area contributed by atoms with Gasteiger partial charge in [-0.25, -0.2) is 0 Å². The van der Waals surface area contributed by atoms with E-state index < -0.39 is 0 Å². The molecule has 0 aromatic heterocycles. The summed E-state index contributed by atoms with van der Waals surface area (Å²) in [6.45, 7) is 9.69. The maximum absolute atomic E-state index is 13.0. The number of benzene rings is 2. The Morgan fingerprint density at radius 2 is 1.69 bits per heavy atom. The van der Waals surface area contributed by atoms with Crippen molar-refractivity contribution in [1.82, 2.24) is 4.90 Å². The van der Waals surface area contributed by atoms with Crippen LogP contribution in [-0.4, -0.2) is 55.3 Å². The number of anilines is 2. The highest BCUT2D eigenvalue weighted by Crippen LogP contribution is 2.27. The van der Waals surface area contributed by atoms with Gasteiger partial charge >= 0.3 is 0 Å². The Morgan fingerprint density at radius 1 is 0.969 bits per heavy atom. The first-order valence-electron chi connectivity index (χ1n) is 10.9. The molecule has 2 aromatic rings. The first-order valence-corrected chi connectivity index (χ1v) is 11.9. The second-order valence-electron chi connectivity index (χ2n) is 8.18. The minimum Gasteiger partial charge on any atom is -0.496 e. The maximum atomic E-state index is 13.0. The molecule has 2 amide bonds. The molecule has 2 heterocycles. The minimum absolute atomic E-state index is 0.0262. The van der Waals surface area contributed by atoms with Crippen LogP contribution in [0.5, 0.6) is 0 Å². The van der Waals surface area contributed by atoms with E-state index in [4.69, 9.17) is 4.74 Å². The summed E-state index contributed by atoms with van der Waals surface area (Å²) in [6, 6.07) is 13.6. The largest absolute Gasteiger partial charge is 0.496 e. The van der Waals surface area contributed by atoms with Crippen LogP contribution in [0.3, 0.4) is 0 Å². The Hall–Kier alpha value is -2.93. The van der Waals surface area contributed by atoms with Gasteiger partial charge in [0, 0.05) is 48.9 Å². The second kappa shape index (κ2) is 9.69. The molecular weight excluding hydrogens is 422 g/mol. The van der Waals surface area contributed by atoms with Gasteiger partial charge in [0.05, 0.1) is 6.61 Å². The molecule has 7 heteroatoms. The van der Waals surface area contributed by atoms with Gasteiger partial charge in [0.1, 0.15) is 10.7 Å². The molecular formula is C25H29N3O3S. The van der Waals surface area contributed by atoms with Crippen LogP contribution >= 0.6 is 11.8 Å². The van der Waals surface area contributed by atoms with Crippen molar-refractivity contribution in [3.05, 3.63) is 69.8 Å². The summed E-state index contributed by atoms with van der Waals surface area (Å²) >= 11 is 1.50. The first-order chi connectivity index (χ1) is 15.4. The van der Waals surface area contributed by atoms with E-state index in [9.17, 15) is 9.59 Å². The van der Waals surface area contributed by atoms with Crippen molar-refractivity contribution in [3.8, 4) is 0 Å². The van der Waals surface area contributed by atoms with Crippen LogP contribution < -0.4 is 10.2 Å². The molecule has 2 aliphatic heterocycles. The number of nitrogens with zero attached hydrogens (tertiary/aromatic N) is 2. The van der Waals surface area contributed by atoms with Crippen LogP contribution in [0, 0.1) is 13.8 Å². The highest BCUT2D eigenvalue weighted by molar-refractivity contribution is 8.04. The Bertz CT molecular complexity index is 1040. The smallest absolute Gasteiger partial charge is 0.265 e. The van der Waals surface area contributed by atoms with Crippen LogP contribution in [0.1, 0.15) is 28.4 Å². The zero-order valence-electron chi connectivity index (χ0n) is 18.8. The zero-order chi connectivity index (χ0) is 22.7. The molecule has 32 heavy (non-hydrogen) atoms. The highest BCUT2D eigenvalue weighted by Gasteiger charge is 2.23. The average Bonchev–Trinajstić information content (AvgIpc) is 2.81. The number of carbonyl (C=O) groups is 2. The predicted octanol–water partition coefficient (Wildman–Crippen LogP) is 4.20. The molecule has 2 aromatic carbocycles. The quantitative estimate of drug-likeness (QED) is 0.755. The molecule has 1 fully saturated rings. The molecule has 4 rings (SSSR count). The van der Waals surface area contributed by atoms with Crippen LogP contribution in [-0.2, 0) is 9.53 Å². The van der Waals surface area contributed by atoms with Gasteiger partial charge in [-0.3, -0.25) is 9.59 Å². The summed E-state index contributed by atoms with van der Waals surface area (Å²) in [6.07, 6.45) is 0. The van der Waals surface area contributed by atoms with E-state index in [1.807, 2.05) is 11.8 Å². The number of hydrogen-bond acceptors (Lipinski definition) is 5. The third-order valence-corrected chi connectivity index (χ3v) is 6.97. The number of amides is 2. The number of piperazine rings is 1. The molecule has 6 nitrogen and oxygen atoms in total. The topological polar surface area (TPSA) is 61.9 Å². The Kier molecular flexibility index (Phi) is 6.74. The first kappa shape index (κ1) is 22.3. The van der Waals surface area contributed by atoms with Gasteiger partial charge < -0.3 is 19.9 Å². The number of carbonyl (C=O) groups excluding carboxylic acids is 2. The van der Waals surface area contributed by atoms with Crippen molar-refractivity contribution >= 4 is 35.0 Å². The van der Waals surface area contributed by atoms with Gasteiger partial charge in [0.25, 0.3) is 11.8 Å². The second-order valence-corrected chi connectivity index (χ2v) is 9.29.